The second kappa shape index (κ2) is 10.6. The molecule has 3 fully saturated rings. The molecule has 0 aliphatic carbocycles. The zero-order valence-electron chi connectivity index (χ0n) is 23.9. The fraction of sp³-hybridized carbons (Fsp3) is 0.452. The molecule has 3 aromatic heterocycles. The summed E-state index contributed by atoms with van der Waals surface area (Å²) in [6, 6.07) is 12.9. The van der Waals surface area contributed by atoms with Crippen molar-refractivity contribution in [3.63, 3.8) is 0 Å². The van der Waals surface area contributed by atoms with Crippen LogP contribution in [0.1, 0.15) is 49.2 Å². The lowest BCUT2D eigenvalue weighted by Crippen LogP contribution is -2.46. The number of aryl methyl sites for hydroxylation is 1. The molecular formula is C31H36N8OS. The van der Waals surface area contributed by atoms with Crippen LogP contribution in [0.2, 0.25) is 0 Å². The predicted molar refractivity (Wildman–Crippen MR) is 164 cm³/mol. The lowest BCUT2D eigenvalue weighted by Gasteiger charge is -2.33. The van der Waals surface area contributed by atoms with Crippen LogP contribution in [0.3, 0.4) is 0 Å². The largest absolute Gasteiger partial charge is 0.339 e. The summed E-state index contributed by atoms with van der Waals surface area (Å²) in [6.45, 7) is 11.3. The van der Waals surface area contributed by atoms with Crippen LogP contribution in [-0.4, -0.2) is 80.5 Å². The van der Waals surface area contributed by atoms with Gasteiger partial charge in [0.2, 0.25) is 5.95 Å². The van der Waals surface area contributed by atoms with Crippen LogP contribution >= 0.6 is 11.3 Å². The average molecular weight is 569 g/mol. The van der Waals surface area contributed by atoms with Crippen LogP contribution in [0.15, 0.2) is 42.6 Å². The van der Waals surface area contributed by atoms with Gasteiger partial charge in [-0.2, -0.15) is 4.98 Å². The van der Waals surface area contributed by atoms with Crippen molar-refractivity contribution in [1.82, 2.24) is 29.7 Å². The number of anilines is 3. The molecule has 212 valence electrons. The maximum Gasteiger partial charge on any atom is 0.253 e. The van der Waals surface area contributed by atoms with Gasteiger partial charge in [0.15, 0.2) is 0 Å². The van der Waals surface area contributed by atoms with Crippen molar-refractivity contribution in [3.8, 4) is 10.6 Å². The van der Waals surface area contributed by atoms with Gasteiger partial charge in [-0.05, 0) is 50.8 Å². The molecule has 0 spiro atoms. The Labute approximate surface area is 244 Å². The van der Waals surface area contributed by atoms with E-state index in [1.165, 1.54) is 6.42 Å². The molecular weight excluding hydrogens is 532 g/mol. The molecule has 3 aliphatic heterocycles. The second-order valence-electron chi connectivity index (χ2n) is 11.7. The van der Waals surface area contributed by atoms with Gasteiger partial charge < -0.3 is 15.1 Å². The number of likely N-dealkylation sites (N-methyl/N-ethyl adjacent to an activating group) is 1. The molecule has 1 N–H and O–H groups in total. The fourth-order valence-corrected chi connectivity index (χ4v) is 7.38. The Morgan fingerprint density at radius 3 is 2.68 bits per heavy atom. The van der Waals surface area contributed by atoms with E-state index in [0.29, 0.717) is 23.8 Å². The van der Waals surface area contributed by atoms with E-state index in [9.17, 15) is 4.79 Å². The number of carbonyl (C=O) groups is 1. The molecule has 2 bridgehead atoms. The highest BCUT2D eigenvalue weighted by atomic mass is 32.1. The number of hydrogen-bond donors (Lipinski definition) is 1. The van der Waals surface area contributed by atoms with E-state index in [1.807, 2.05) is 54.4 Å². The Morgan fingerprint density at radius 1 is 1.05 bits per heavy atom. The van der Waals surface area contributed by atoms with Gasteiger partial charge in [0.05, 0.1) is 10.2 Å². The molecule has 3 aliphatic rings. The first kappa shape index (κ1) is 26.3. The van der Waals surface area contributed by atoms with Crippen molar-refractivity contribution < 1.29 is 4.79 Å². The van der Waals surface area contributed by atoms with Crippen LogP contribution in [-0.2, 0) is 0 Å². The number of amides is 1. The molecule has 0 saturated carbocycles. The lowest BCUT2D eigenvalue weighted by molar-refractivity contribution is 0.0697. The summed E-state index contributed by atoms with van der Waals surface area (Å²) in [6.07, 6.45) is 5.18. The number of pyridine rings is 1. The summed E-state index contributed by atoms with van der Waals surface area (Å²) in [5.41, 5.74) is 3.47. The standard InChI is InChI=1S/C31H36N8OS/c1-4-37-17-24-14-23(37)18-39(24)31-33-20(3)12-28(36-31)35-27-15-25-26(16-32-27)41-29(34-25)21-6-5-7-22(13-21)30(40)38-10-8-19(2)9-11-38/h5-7,12-13,15-16,19,23-24H,4,8-11,14,17-18H2,1-3H3,(H,32,33,35,36)/t23-,24-/m0/s1. The van der Waals surface area contributed by atoms with E-state index in [-0.39, 0.29) is 5.91 Å². The molecule has 1 amide bonds. The molecule has 9 nitrogen and oxygen atoms in total. The molecule has 7 rings (SSSR count). The summed E-state index contributed by atoms with van der Waals surface area (Å²) in [4.78, 5) is 39.3. The van der Waals surface area contributed by atoms with Crippen LogP contribution < -0.4 is 10.2 Å². The quantitative estimate of drug-likeness (QED) is 0.333. The van der Waals surface area contributed by atoms with E-state index in [4.69, 9.17) is 15.0 Å². The van der Waals surface area contributed by atoms with Crippen LogP contribution in [0, 0.1) is 12.8 Å². The summed E-state index contributed by atoms with van der Waals surface area (Å²) in [7, 11) is 0. The molecule has 0 radical (unpaired) electrons. The number of benzene rings is 1. The predicted octanol–water partition coefficient (Wildman–Crippen LogP) is 5.36. The van der Waals surface area contributed by atoms with Crippen LogP contribution in [0.25, 0.3) is 20.8 Å². The number of hydrogen-bond acceptors (Lipinski definition) is 9. The van der Waals surface area contributed by atoms with Crippen molar-refractivity contribution in [3.05, 3.63) is 53.9 Å². The van der Waals surface area contributed by atoms with Crippen molar-refractivity contribution >= 4 is 45.0 Å². The third kappa shape index (κ3) is 5.15. The SMILES string of the molecule is CCN1C[C@@H]2C[C@H]1CN2c1nc(C)cc(Nc2cc3nc(-c4cccc(C(=O)N5CCC(C)CC5)c4)sc3cn2)n1. The Kier molecular flexibility index (Phi) is 6.83. The first-order valence-corrected chi connectivity index (χ1v) is 15.5. The Balaban J connectivity index is 1.09. The maximum atomic E-state index is 13.2. The first-order chi connectivity index (χ1) is 19.9. The van der Waals surface area contributed by atoms with Crippen molar-refractivity contribution in [1.29, 1.82) is 0 Å². The highest BCUT2D eigenvalue weighted by molar-refractivity contribution is 7.21. The van der Waals surface area contributed by atoms with E-state index in [0.717, 1.165) is 89.4 Å². The number of thiazole rings is 1. The molecule has 2 atom stereocenters. The van der Waals surface area contributed by atoms with Crippen molar-refractivity contribution in [2.24, 2.45) is 5.92 Å². The van der Waals surface area contributed by atoms with Gasteiger partial charge in [-0.15, -0.1) is 11.3 Å². The van der Waals surface area contributed by atoms with E-state index < -0.39 is 0 Å². The molecule has 4 aromatic rings. The van der Waals surface area contributed by atoms with Gasteiger partial charge in [-0.25, -0.2) is 15.0 Å². The van der Waals surface area contributed by atoms with Crippen molar-refractivity contribution in [2.75, 3.05) is 42.9 Å². The van der Waals surface area contributed by atoms with E-state index >= 15 is 0 Å². The minimum absolute atomic E-state index is 0.108. The number of piperidine rings is 1. The van der Waals surface area contributed by atoms with Gasteiger partial charge in [0, 0.05) is 73.4 Å². The van der Waals surface area contributed by atoms with Gasteiger partial charge in [0.25, 0.3) is 5.91 Å². The highest BCUT2D eigenvalue weighted by Crippen LogP contribution is 2.34. The highest BCUT2D eigenvalue weighted by Gasteiger charge is 2.43. The molecule has 10 heteroatoms. The van der Waals surface area contributed by atoms with E-state index in [2.05, 4.69) is 33.9 Å². The van der Waals surface area contributed by atoms with Crippen molar-refractivity contribution in [2.45, 2.75) is 52.1 Å². The summed E-state index contributed by atoms with van der Waals surface area (Å²) in [5.74, 6) is 3.02. The van der Waals surface area contributed by atoms with Gasteiger partial charge in [-0.1, -0.05) is 26.0 Å². The Bertz CT molecular complexity index is 1600. The minimum atomic E-state index is 0.108. The Morgan fingerprint density at radius 2 is 1.90 bits per heavy atom. The zero-order valence-corrected chi connectivity index (χ0v) is 24.7. The number of nitrogens with one attached hydrogen (secondary N) is 1. The first-order valence-electron chi connectivity index (χ1n) is 14.7. The second-order valence-corrected chi connectivity index (χ2v) is 12.7. The fourth-order valence-electron chi connectivity index (χ4n) is 6.46. The normalized spacial score (nSPS) is 21.2. The van der Waals surface area contributed by atoms with Crippen LogP contribution in [0.4, 0.5) is 17.6 Å². The summed E-state index contributed by atoms with van der Waals surface area (Å²) in [5, 5.41) is 4.27. The number of fused-ring (bicyclic) bond motifs is 3. The average Bonchev–Trinajstić information content (AvgIpc) is 3.71. The number of carbonyl (C=O) groups excluding carboxylic acids is 1. The molecule has 6 heterocycles. The smallest absolute Gasteiger partial charge is 0.253 e. The van der Waals surface area contributed by atoms with E-state index in [1.54, 1.807) is 11.3 Å². The molecule has 0 unspecified atom stereocenters. The number of likely N-dealkylation sites (tertiary alicyclic amines) is 2. The zero-order chi connectivity index (χ0) is 28.1. The topological polar surface area (TPSA) is 90.4 Å². The minimum Gasteiger partial charge on any atom is -0.339 e. The number of nitrogens with zero attached hydrogens (tertiary/aromatic N) is 7. The molecule has 3 saturated heterocycles. The monoisotopic (exact) mass is 568 g/mol. The third-order valence-corrected chi connectivity index (χ3v) is 9.87. The van der Waals surface area contributed by atoms with Crippen LogP contribution in [0.5, 0.6) is 0 Å². The summed E-state index contributed by atoms with van der Waals surface area (Å²) < 4.78 is 1.00. The number of rotatable bonds is 6. The number of aromatic nitrogens is 4. The lowest BCUT2D eigenvalue weighted by atomic mass is 9.98. The third-order valence-electron chi connectivity index (χ3n) is 8.82. The van der Waals surface area contributed by atoms with Gasteiger partial charge in [0.1, 0.15) is 16.6 Å². The molecule has 41 heavy (non-hydrogen) atoms. The molecule has 1 aromatic carbocycles. The summed E-state index contributed by atoms with van der Waals surface area (Å²) >= 11 is 1.59. The van der Waals surface area contributed by atoms with Gasteiger partial charge >= 0.3 is 0 Å². The maximum absolute atomic E-state index is 13.2. The number of piperazine rings is 1. The Hall–Kier alpha value is -3.63. The van der Waals surface area contributed by atoms with Gasteiger partial charge in [-0.3, -0.25) is 9.69 Å².